The van der Waals surface area contributed by atoms with Crippen molar-refractivity contribution in [2.45, 2.75) is 44.1 Å². The summed E-state index contributed by atoms with van der Waals surface area (Å²) in [6.45, 7) is 0.427. The van der Waals surface area contributed by atoms with Gasteiger partial charge in [0.1, 0.15) is 5.54 Å². The minimum atomic E-state index is -0.615. The number of nitrogens with one attached hydrogen (secondary N) is 1. The molecule has 112 valence electrons. The molecule has 1 saturated heterocycles. The molecule has 1 spiro atoms. The molecule has 2 fully saturated rings. The van der Waals surface area contributed by atoms with E-state index in [4.69, 9.17) is 5.73 Å². The first kappa shape index (κ1) is 13.9. The number of hydrogen-bond acceptors (Lipinski definition) is 3. The number of urea groups is 1. The molecule has 1 heterocycles. The van der Waals surface area contributed by atoms with E-state index in [0.29, 0.717) is 13.0 Å². The van der Waals surface area contributed by atoms with Crippen LogP contribution in [0, 0.1) is 0 Å². The Morgan fingerprint density at radius 1 is 1.10 bits per heavy atom. The molecule has 0 bridgehead atoms. The van der Waals surface area contributed by atoms with Crippen molar-refractivity contribution in [1.29, 1.82) is 0 Å². The lowest BCUT2D eigenvalue weighted by molar-refractivity contribution is -0.132. The fraction of sp³-hybridized carbons (Fsp3) is 0.500. The summed E-state index contributed by atoms with van der Waals surface area (Å²) >= 11 is 0. The Morgan fingerprint density at radius 3 is 2.43 bits per heavy atom. The molecule has 1 aromatic rings. The molecule has 1 aliphatic heterocycles. The second kappa shape index (κ2) is 5.39. The van der Waals surface area contributed by atoms with E-state index in [1.54, 1.807) is 0 Å². The average Bonchev–Trinajstić information content (AvgIpc) is 2.71. The van der Waals surface area contributed by atoms with Gasteiger partial charge in [-0.1, -0.05) is 31.4 Å². The van der Waals surface area contributed by atoms with Crippen LogP contribution in [0.5, 0.6) is 0 Å². The van der Waals surface area contributed by atoms with Crippen molar-refractivity contribution in [3.63, 3.8) is 0 Å². The van der Waals surface area contributed by atoms with Gasteiger partial charge in [0, 0.05) is 12.2 Å². The Bertz CT molecular complexity index is 547. The minimum Gasteiger partial charge on any atom is -0.399 e. The number of carbonyl (C=O) groups excluding carboxylic acids is 2. The van der Waals surface area contributed by atoms with E-state index in [2.05, 4.69) is 5.32 Å². The Morgan fingerprint density at radius 2 is 1.76 bits per heavy atom. The molecule has 3 rings (SSSR count). The van der Waals surface area contributed by atoms with E-state index in [1.807, 2.05) is 24.3 Å². The quantitative estimate of drug-likeness (QED) is 0.660. The smallest absolute Gasteiger partial charge is 0.325 e. The van der Waals surface area contributed by atoms with Crippen LogP contribution in [-0.4, -0.2) is 28.9 Å². The molecule has 21 heavy (non-hydrogen) atoms. The van der Waals surface area contributed by atoms with Crippen molar-refractivity contribution in [1.82, 2.24) is 10.2 Å². The first-order valence-corrected chi connectivity index (χ1v) is 7.59. The van der Waals surface area contributed by atoms with E-state index in [9.17, 15) is 9.59 Å². The van der Waals surface area contributed by atoms with Gasteiger partial charge in [-0.05, 0) is 37.0 Å². The predicted molar refractivity (Wildman–Crippen MR) is 80.6 cm³/mol. The van der Waals surface area contributed by atoms with Gasteiger partial charge >= 0.3 is 6.03 Å². The third-order valence-electron chi connectivity index (χ3n) is 4.56. The van der Waals surface area contributed by atoms with E-state index < -0.39 is 5.54 Å². The van der Waals surface area contributed by atoms with Gasteiger partial charge < -0.3 is 11.1 Å². The van der Waals surface area contributed by atoms with Crippen molar-refractivity contribution in [3.8, 4) is 0 Å². The van der Waals surface area contributed by atoms with Gasteiger partial charge in [-0.3, -0.25) is 9.69 Å². The topological polar surface area (TPSA) is 75.4 Å². The van der Waals surface area contributed by atoms with Crippen LogP contribution in [0.4, 0.5) is 10.5 Å². The van der Waals surface area contributed by atoms with Gasteiger partial charge in [0.05, 0.1) is 0 Å². The number of benzene rings is 1. The Labute approximate surface area is 124 Å². The number of imide groups is 1. The molecule has 1 aromatic carbocycles. The van der Waals surface area contributed by atoms with Gasteiger partial charge in [0.25, 0.3) is 5.91 Å². The van der Waals surface area contributed by atoms with Crippen molar-refractivity contribution in [2.24, 2.45) is 0 Å². The largest absolute Gasteiger partial charge is 0.399 e. The van der Waals surface area contributed by atoms with Crippen molar-refractivity contribution in [3.05, 3.63) is 29.8 Å². The first-order chi connectivity index (χ1) is 10.1. The molecule has 1 aliphatic carbocycles. The molecule has 0 radical (unpaired) electrons. The van der Waals surface area contributed by atoms with Gasteiger partial charge in [-0.15, -0.1) is 0 Å². The molecule has 1 saturated carbocycles. The highest BCUT2D eigenvalue weighted by Gasteiger charge is 2.50. The maximum atomic E-state index is 12.6. The molecule has 0 atom stereocenters. The third kappa shape index (κ3) is 2.60. The zero-order chi connectivity index (χ0) is 14.9. The highest BCUT2D eigenvalue weighted by molar-refractivity contribution is 6.07. The van der Waals surface area contributed by atoms with Crippen LogP contribution in [0.15, 0.2) is 24.3 Å². The number of hydrogen-bond donors (Lipinski definition) is 2. The molecular weight excluding hydrogens is 266 g/mol. The average molecular weight is 287 g/mol. The van der Waals surface area contributed by atoms with Crippen LogP contribution in [0.3, 0.4) is 0 Å². The molecule has 0 aromatic heterocycles. The zero-order valence-electron chi connectivity index (χ0n) is 12.1. The van der Waals surface area contributed by atoms with Crippen LogP contribution >= 0.6 is 0 Å². The molecule has 3 amide bonds. The molecular formula is C16H21N3O2. The number of nitrogens with zero attached hydrogens (tertiary/aromatic N) is 1. The standard InChI is InChI=1S/C16H21N3O2/c17-13-6-4-12(5-7-13)8-11-19-14(20)16(18-15(19)21)9-2-1-3-10-16/h4-7H,1-3,8-11,17H2,(H,18,21). The minimum absolute atomic E-state index is 0.0392. The van der Waals surface area contributed by atoms with Crippen molar-refractivity contribution >= 4 is 17.6 Å². The number of anilines is 1. The second-order valence-electron chi connectivity index (χ2n) is 6.02. The fourth-order valence-corrected chi connectivity index (χ4v) is 3.30. The van der Waals surface area contributed by atoms with E-state index in [-0.39, 0.29) is 11.9 Å². The van der Waals surface area contributed by atoms with Crippen molar-refractivity contribution in [2.75, 3.05) is 12.3 Å². The molecule has 5 nitrogen and oxygen atoms in total. The van der Waals surface area contributed by atoms with E-state index in [1.165, 1.54) is 4.90 Å². The molecule has 2 aliphatic rings. The number of amides is 3. The van der Waals surface area contributed by atoms with Crippen LogP contribution in [0.1, 0.15) is 37.7 Å². The summed E-state index contributed by atoms with van der Waals surface area (Å²) in [6.07, 6.45) is 5.38. The van der Waals surface area contributed by atoms with Crippen molar-refractivity contribution < 1.29 is 9.59 Å². The summed E-state index contributed by atoms with van der Waals surface area (Å²) < 4.78 is 0. The lowest BCUT2D eigenvalue weighted by Gasteiger charge is -2.30. The third-order valence-corrected chi connectivity index (χ3v) is 4.56. The lowest BCUT2D eigenvalue weighted by Crippen LogP contribution is -2.48. The van der Waals surface area contributed by atoms with E-state index >= 15 is 0 Å². The van der Waals surface area contributed by atoms with Crippen LogP contribution in [0.2, 0.25) is 0 Å². The van der Waals surface area contributed by atoms with Crippen LogP contribution < -0.4 is 11.1 Å². The van der Waals surface area contributed by atoms with Gasteiger partial charge in [0.2, 0.25) is 0 Å². The normalized spacial score (nSPS) is 20.9. The van der Waals surface area contributed by atoms with Gasteiger partial charge in [0.15, 0.2) is 0 Å². The first-order valence-electron chi connectivity index (χ1n) is 7.59. The molecule has 5 heteroatoms. The van der Waals surface area contributed by atoms with Gasteiger partial charge in [-0.25, -0.2) is 4.79 Å². The highest BCUT2D eigenvalue weighted by Crippen LogP contribution is 2.33. The van der Waals surface area contributed by atoms with E-state index in [0.717, 1.165) is 43.4 Å². The summed E-state index contributed by atoms with van der Waals surface area (Å²) in [4.78, 5) is 26.1. The summed E-state index contributed by atoms with van der Waals surface area (Å²) in [5, 5.41) is 2.93. The fourth-order valence-electron chi connectivity index (χ4n) is 3.30. The second-order valence-corrected chi connectivity index (χ2v) is 6.02. The Kier molecular flexibility index (Phi) is 3.57. The lowest BCUT2D eigenvalue weighted by atomic mass is 9.82. The number of nitrogens with two attached hydrogens (primary N) is 1. The van der Waals surface area contributed by atoms with Gasteiger partial charge in [-0.2, -0.15) is 0 Å². The van der Waals surface area contributed by atoms with Crippen LogP contribution in [-0.2, 0) is 11.2 Å². The number of carbonyl (C=O) groups is 2. The summed E-state index contributed by atoms with van der Waals surface area (Å²) in [5.74, 6) is -0.0392. The number of nitrogen functional groups attached to an aromatic ring is 1. The Balaban J connectivity index is 1.66. The summed E-state index contributed by atoms with van der Waals surface area (Å²) in [7, 11) is 0. The maximum absolute atomic E-state index is 12.6. The number of rotatable bonds is 3. The monoisotopic (exact) mass is 287 g/mol. The maximum Gasteiger partial charge on any atom is 0.325 e. The predicted octanol–water partition coefficient (Wildman–Crippen LogP) is 2.07. The van der Waals surface area contributed by atoms with Crippen LogP contribution in [0.25, 0.3) is 0 Å². The zero-order valence-corrected chi connectivity index (χ0v) is 12.1. The SMILES string of the molecule is Nc1ccc(CCN2C(=O)NC3(CCCCC3)C2=O)cc1. The highest BCUT2D eigenvalue weighted by atomic mass is 16.2. The Hall–Kier alpha value is -2.04. The molecule has 3 N–H and O–H groups in total. The summed E-state index contributed by atoms with van der Waals surface area (Å²) in [5.41, 5.74) is 6.83. The summed E-state index contributed by atoms with van der Waals surface area (Å²) in [6, 6.07) is 7.31. The molecule has 0 unspecified atom stereocenters.